The van der Waals surface area contributed by atoms with Crippen molar-refractivity contribution in [2.75, 3.05) is 18.0 Å². The lowest BCUT2D eigenvalue weighted by Gasteiger charge is -2.33. The maximum Gasteiger partial charge on any atom is 0.264 e. The first kappa shape index (κ1) is 30.0. The van der Waals surface area contributed by atoms with Gasteiger partial charge in [0.25, 0.3) is 10.0 Å². The average molecular weight is 582 g/mol. The molecule has 0 radical (unpaired) electrons. The van der Waals surface area contributed by atoms with Crippen molar-refractivity contribution in [1.29, 1.82) is 0 Å². The van der Waals surface area contributed by atoms with Crippen LogP contribution in [0.4, 0.5) is 10.1 Å². The molecule has 41 heavy (non-hydrogen) atoms. The SMILES string of the molecule is COc1ccccc1N(CC(=O)N(Cc1ccccc1F)[C@H](C)C(=O)NC1CCCC1)S(=O)(=O)c1ccc(C)cc1. The fraction of sp³-hybridized carbons (Fsp3) is 0.355. The van der Waals surface area contributed by atoms with E-state index in [0.717, 1.165) is 35.6 Å². The molecule has 1 fully saturated rings. The van der Waals surface area contributed by atoms with Crippen molar-refractivity contribution in [3.63, 3.8) is 0 Å². The molecule has 0 unspecified atom stereocenters. The van der Waals surface area contributed by atoms with Gasteiger partial charge in [-0.3, -0.25) is 13.9 Å². The van der Waals surface area contributed by atoms with E-state index in [-0.39, 0.29) is 40.4 Å². The molecule has 4 rings (SSSR count). The minimum Gasteiger partial charge on any atom is -0.495 e. The number of benzene rings is 3. The molecule has 10 heteroatoms. The summed E-state index contributed by atoms with van der Waals surface area (Å²) in [7, 11) is -2.83. The lowest BCUT2D eigenvalue weighted by atomic mass is 10.1. The first-order chi connectivity index (χ1) is 19.6. The zero-order valence-electron chi connectivity index (χ0n) is 23.5. The van der Waals surface area contributed by atoms with Crippen molar-refractivity contribution in [2.45, 2.75) is 63.1 Å². The molecule has 0 aliphatic heterocycles. The number of hydrogen-bond donors (Lipinski definition) is 1. The summed E-state index contributed by atoms with van der Waals surface area (Å²) >= 11 is 0. The minimum absolute atomic E-state index is 0.00511. The van der Waals surface area contributed by atoms with E-state index >= 15 is 0 Å². The molecule has 1 N–H and O–H groups in total. The van der Waals surface area contributed by atoms with Crippen molar-refractivity contribution < 1.29 is 27.1 Å². The van der Waals surface area contributed by atoms with Crippen molar-refractivity contribution in [2.24, 2.45) is 0 Å². The lowest BCUT2D eigenvalue weighted by Crippen LogP contribution is -2.52. The topological polar surface area (TPSA) is 96.0 Å². The van der Waals surface area contributed by atoms with Crippen LogP contribution in [-0.4, -0.2) is 50.9 Å². The normalized spacial score (nSPS) is 14.3. The highest BCUT2D eigenvalue weighted by Crippen LogP contribution is 2.32. The number of nitrogens with zero attached hydrogens (tertiary/aromatic N) is 2. The van der Waals surface area contributed by atoms with Gasteiger partial charge in [-0.25, -0.2) is 12.8 Å². The van der Waals surface area contributed by atoms with Gasteiger partial charge in [-0.2, -0.15) is 0 Å². The van der Waals surface area contributed by atoms with Gasteiger partial charge < -0.3 is 15.0 Å². The molecule has 2 amide bonds. The standard InChI is InChI=1S/C31H36FN3O5S/c1-22-16-18-26(19-17-22)41(38,39)35(28-14-8-9-15-29(28)40-3)21-30(36)34(20-24-10-4-7-13-27(24)32)23(2)31(37)33-25-11-5-6-12-25/h4,7-10,13-19,23,25H,5-6,11-12,20-21H2,1-3H3,(H,33,37)/t23-/m1/s1. The lowest BCUT2D eigenvalue weighted by molar-refractivity contribution is -0.139. The quantitative estimate of drug-likeness (QED) is 0.351. The first-order valence-corrected chi connectivity index (χ1v) is 15.1. The van der Waals surface area contributed by atoms with Crippen LogP contribution in [0.25, 0.3) is 0 Å². The molecule has 1 saturated carbocycles. The molecule has 3 aromatic carbocycles. The summed E-state index contributed by atoms with van der Waals surface area (Å²) < 4.78 is 49.1. The van der Waals surface area contributed by atoms with Crippen molar-refractivity contribution in [3.8, 4) is 5.75 Å². The predicted octanol–water partition coefficient (Wildman–Crippen LogP) is 4.81. The molecule has 8 nitrogen and oxygen atoms in total. The molecule has 0 spiro atoms. The summed E-state index contributed by atoms with van der Waals surface area (Å²) in [4.78, 5) is 28.5. The number of sulfonamides is 1. The highest BCUT2D eigenvalue weighted by atomic mass is 32.2. The Bertz CT molecular complexity index is 1470. The van der Waals surface area contributed by atoms with Gasteiger partial charge in [0.2, 0.25) is 11.8 Å². The maximum atomic E-state index is 14.7. The molecule has 218 valence electrons. The number of methoxy groups -OCH3 is 1. The highest BCUT2D eigenvalue weighted by Gasteiger charge is 2.34. The number of amides is 2. The number of carbonyl (C=O) groups excluding carboxylic acids is 2. The zero-order valence-corrected chi connectivity index (χ0v) is 24.4. The van der Waals surface area contributed by atoms with Crippen molar-refractivity contribution in [1.82, 2.24) is 10.2 Å². The second-order valence-electron chi connectivity index (χ2n) is 10.3. The Morgan fingerprint density at radius 3 is 2.29 bits per heavy atom. The van der Waals surface area contributed by atoms with E-state index < -0.39 is 34.3 Å². The summed E-state index contributed by atoms with van der Waals surface area (Å²) in [6.07, 6.45) is 3.75. The fourth-order valence-electron chi connectivity index (χ4n) is 4.97. The molecule has 3 aromatic rings. The average Bonchev–Trinajstić information content (AvgIpc) is 3.48. The van der Waals surface area contributed by atoms with Gasteiger partial charge in [0.05, 0.1) is 17.7 Å². The molecular formula is C31H36FN3O5S. The van der Waals surface area contributed by atoms with Crippen LogP contribution in [0.15, 0.2) is 77.7 Å². The summed E-state index contributed by atoms with van der Waals surface area (Å²) in [5.74, 6) is -1.30. The zero-order chi connectivity index (χ0) is 29.6. The van der Waals surface area contributed by atoms with E-state index in [1.807, 2.05) is 6.92 Å². The van der Waals surface area contributed by atoms with Gasteiger partial charge in [-0.05, 0) is 57.0 Å². The number of anilines is 1. The van der Waals surface area contributed by atoms with Crippen molar-refractivity contribution >= 4 is 27.5 Å². The summed E-state index contributed by atoms with van der Waals surface area (Å²) in [5, 5.41) is 3.00. The second-order valence-corrected chi connectivity index (χ2v) is 12.1. The smallest absolute Gasteiger partial charge is 0.264 e. The number of halogens is 1. The minimum atomic E-state index is -4.25. The Hall–Kier alpha value is -3.92. The Labute approximate surface area is 241 Å². The highest BCUT2D eigenvalue weighted by molar-refractivity contribution is 7.92. The van der Waals surface area contributed by atoms with Crippen LogP contribution < -0.4 is 14.4 Å². The molecule has 1 atom stereocenters. The third-order valence-electron chi connectivity index (χ3n) is 7.41. The van der Waals surface area contributed by atoms with E-state index in [1.165, 1.54) is 36.3 Å². The maximum absolute atomic E-state index is 14.7. The number of hydrogen-bond acceptors (Lipinski definition) is 5. The van der Waals surface area contributed by atoms with Gasteiger partial charge in [-0.15, -0.1) is 0 Å². The van der Waals surface area contributed by atoms with Gasteiger partial charge in [0, 0.05) is 18.2 Å². The number of aryl methyl sites for hydroxylation is 1. The second kappa shape index (κ2) is 13.2. The van der Waals surface area contributed by atoms with Crippen LogP contribution >= 0.6 is 0 Å². The van der Waals surface area contributed by atoms with Crippen LogP contribution in [0.2, 0.25) is 0 Å². The number of carbonyl (C=O) groups is 2. The van der Waals surface area contributed by atoms with Crippen molar-refractivity contribution in [3.05, 3.63) is 89.7 Å². The Morgan fingerprint density at radius 1 is 1.00 bits per heavy atom. The molecule has 0 aromatic heterocycles. The Balaban J connectivity index is 1.72. The molecule has 1 aliphatic rings. The van der Waals surface area contributed by atoms with Crippen LogP contribution in [0.5, 0.6) is 5.75 Å². The summed E-state index contributed by atoms with van der Waals surface area (Å²) in [6, 6.07) is 17.8. The van der Waals surface area contributed by atoms with Crippen LogP contribution in [0, 0.1) is 12.7 Å². The molecule has 0 bridgehead atoms. The van der Waals surface area contributed by atoms with E-state index in [4.69, 9.17) is 4.74 Å². The van der Waals surface area contributed by atoms with Gasteiger partial charge >= 0.3 is 0 Å². The Kier molecular flexibility index (Phi) is 9.65. The largest absolute Gasteiger partial charge is 0.495 e. The molecule has 0 saturated heterocycles. The van der Waals surface area contributed by atoms with E-state index in [9.17, 15) is 22.4 Å². The molecule has 0 heterocycles. The van der Waals surface area contributed by atoms with E-state index in [2.05, 4.69) is 5.32 Å². The fourth-order valence-corrected chi connectivity index (χ4v) is 6.40. The third kappa shape index (κ3) is 7.05. The summed E-state index contributed by atoms with van der Waals surface area (Å²) in [6.45, 7) is 2.57. The van der Waals surface area contributed by atoms with Crippen LogP contribution in [0.1, 0.15) is 43.7 Å². The van der Waals surface area contributed by atoms with E-state index in [0.29, 0.717) is 0 Å². The van der Waals surface area contributed by atoms with Gasteiger partial charge in [0.1, 0.15) is 24.2 Å². The Morgan fingerprint density at radius 2 is 1.63 bits per heavy atom. The number of ether oxygens (including phenoxy) is 1. The van der Waals surface area contributed by atoms with Crippen LogP contribution in [0.3, 0.4) is 0 Å². The number of rotatable bonds is 11. The summed E-state index contributed by atoms with van der Waals surface area (Å²) in [5.41, 5.74) is 1.26. The first-order valence-electron chi connectivity index (χ1n) is 13.7. The number of para-hydroxylation sites is 2. The molecule has 1 aliphatic carbocycles. The number of nitrogens with one attached hydrogen (secondary N) is 1. The molecular weight excluding hydrogens is 545 g/mol. The van der Waals surface area contributed by atoms with E-state index in [1.54, 1.807) is 55.5 Å². The predicted molar refractivity (Wildman–Crippen MR) is 156 cm³/mol. The third-order valence-corrected chi connectivity index (χ3v) is 9.18. The van der Waals surface area contributed by atoms with Gasteiger partial charge in [-0.1, -0.05) is 60.9 Å². The van der Waals surface area contributed by atoms with Crippen LogP contribution in [-0.2, 0) is 26.2 Å². The monoisotopic (exact) mass is 581 g/mol. The van der Waals surface area contributed by atoms with Gasteiger partial charge in [0.15, 0.2) is 0 Å².